The minimum Gasteiger partial charge on any atom is -0.497 e. The van der Waals surface area contributed by atoms with Crippen LogP contribution in [0.5, 0.6) is 5.75 Å². The van der Waals surface area contributed by atoms with Crippen molar-refractivity contribution in [3.8, 4) is 27.4 Å². The number of rotatable bonds is 4. The number of nitrogens with zero attached hydrogens (tertiary/aromatic N) is 2. The zero-order valence-corrected chi connectivity index (χ0v) is 17.1. The Labute approximate surface area is 168 Å². The van der Waals surface area contributed by atoms with Gasteiger partial charge in [0.25, 0.3) is 0 Å². The highest BCUT2D eigenvalue weighted by Crippen LogP contribution is 2.40. The third kappa shape index (κ3) is 3.92. The van der Waals surface area contributed by atoms with Crippen molar-refractivity contribution >= 4 is 33.4 Å². The highest BCUT2D eigenvalue weighted by molar-refractivity contribution is 8.93. The van der Waals surface area contributed by atoms with Crippen LogP contribution in [0.1, 0.15) is 0 Å². The van der Waals surface area contributed by atoms with E-state index in [1.165, 1.54) is 4.88 Å². The van der Waals surface area contributed by atoms with Gasteiger partial charge in [-0.05, 0) is 29.8 Å². The van der Waals surface area contributed by atoms with Gasteiger partial charge in [-0.15, -0.1) is 17.0 Å². The molecule has 0 spiro atoms. The lowest BCUT2D eigenvalue weighted by Gasteiger charge is -2.26. The number of hydrogen-bond acceptors (Lipinski definition) is 5. The predicted molar refractivity (Wildman–Crippen MR) is 113 cm³/mol. The SMILES string of the molecule is Br.COc1ccc(-c2sc(N3CCOCC3)nc2-c2ccccc2)cc1. The van der Waals surface area contributed by atoms with E-state index in [0.717, 1.165) is 54.0 Å². The van der Waals surface area contributed by atoms with Crippen molar-refractivity contribution < 1.29 is 9.47 Å². The number of halogens is 1. The molecule has 0 unspecified atom stereocenters. The standard InChI is InChI=1S/C20H20N2O2S.BrH/c1-23-17-9-7-16(8-10-17)19-18(15-5-3-2-4-6-15)21-20(25-19)22-11-13-24-14-12-22;/h2-10H,11-14H2,1H3;1H. The maximum absolute atomic E-state index is 5.47. The number of ether oxygens (including phenoxy) is 2. The van der Waals surface area contributed by atoms with Gasteiger partial charge in [-0.1, -0.05) is 41.7 Å². The molecule has 2 heterocycles. The number of benzene rings is 2. The Hall–Kier alpha value is -1.89. The summed E-state index contributed by atoms with van der Waals surface area (Å²) in [6.07, 6.45) is 0. The molecule has 1 aliphatic heterocycles. The third-order valence-corrected chi connectivity index (χ3v) is 5.46. The summed E-state index contributed by atoms with van der Waals surface area (Å²) in [6, 6.07) is 18.6. The molecule has 0 bridgehead atoms. The first kappa shape index (κ1) is 18.9. The first-order valence-electron chi connectivity index (χ1n) is 8.38. The minimum atomic E-state index is 0. The van der Waals surface area contributed by atoms with Crippen LogP contribution in [0, 0.1) is 0 Å². The highest BCUT2D eigenvalue weighted by Gasteiger charge is 2.20. The number of aromatic nitrogens is 1. The topological polar surface area (TPSA) is 34.6 Å². The van der Waals surface area contributed by atoms with E-state index in [9.17, 15) is 0 Å². The summed E-state index contributed by atoms with van der Waals surface area (Å²) < 4.78 is 10.8. The quantitative estimate of drug-likeness (QED) is 0.586. The van der Waals surface area contributed by atoms with Gasteiger partial charge < -0.3 is 14.4 Å². The number of hydrogen-bond donors (Lipinski definition) is 0. The average molecular weight is 433 g/mol. The monoisotopic (exact) mass is 432 g/mol. The molecule has 6 heteroatoms. The summed E-state index contributed by atoms with van der Waals surface area (Å²) in [4.78, 5) is 8.48. The van der Waals surface area contributed by atoms with Crippen LogP contribution in [0.3, 0.4) is 0 Å². The second kappa shape index (κ2) is 8.66. The van der Waals surface area contributed by atoms with Gasteiger partial charge >= 0.3 is 0 Å². The molecule has 1 saturated heterocycles. The van der Waals surface area contributed by atoms with Gasteiger partial charge in [0.1, 0.15) is 5.75 Å². The van der Waals surface area contributed by atoms with Gasteiger partial charge in [0.15, 0.2) is 5.13 Å². The van der Waals surface area contributed by atoms with Crippen LogP contribution >= 0.6 is 28.3 Å². The van der Waals surface area contributed by atoms with E-state index in [1.54, 1.807) is 18.4 Å². The lowest BCUT2D eigenvalue weighted by atomic mass is 10.1. The van der Waals surface area contributed by atoms with Crippen LogP contribution in [0.4, 0.5) is 5.13 Å². The third-order valence-electron chi connectivity index (χ3n) is 4.30. The van der Waals surface area contributed by atoms with Crippen molar-refractivity contribution in [3.05, 3.63) is 54.6 Å². The van der Waals surface area contributed by atoms with Gasteiger partial charge in [0, 0.05) is 18.7 Å². The minimum absolute atomic E-state index is 0. The molecule has 0 saturated carbocycles. The Balaban J connectivity index is 0.00000196. The molecule has 1 aliphatic rings. The van der Waals surface area contributed by atoms with Gasteiger partial charge in [0.2, 0.25) is 0 Å². The molecule has 0 N–H and O–H groups in total. The van der Waals surface area contributed by atoms with Crippen molar-refractivity contribution in [1.29, 1.82) is 0 Å². The van der Waals surface area contributed by atoms with Crippen molar-refractivity contribution in [2.75, 3.05) is 38.3 Å². The highest BCUT2D eigenvalue weighted by atomic mass is 79.9. The molecule has 3 aromatic rings. The number of thiazole rings is 1. The van der Waals surface area contributed by atoms with E-state index in [1.807, 2.05) is 18.2 Å². The van der Waals surface area contributed by atoms with E-state index in [4.69, 9.17) is 14.5 Å². The van der Waals surface area contributed by atoms with Crippen LogP contribution < -0.4 is 9.64 Å². The Morgan fingerprint density at radius 3 is 2.31 bits per heavy atom. The molecular formula is C20H21BrN2O2S. The smallest absolute Gasteiger partial charge is 0.186 e. The van der Waals surface area contributed by atoms with Gasteiger partial charge in [-0.3, -0.25) is 0 Å². The number of methoxy groups -OCH3 is 1. The van der Waals surface area contributed by atoms with Crippen molar-refractivity contribution in [3.63, 3.8) is 0 Å². The van der Waals surface area contributed by atoms with Crippen molar-refractivity contribution in [2.24, 2.45) is 0 Å². The summed E-state index contributed by atoms with van der Waals surface area (Å²) in [5.41, 5.74) is 3.35. The van der Waals surface area contributed by atoms with E-state index in [2.05, 4.69) is 41.3 Å². The fraction of sp³-hybridized carbons (Fsp3) is 0.250. The molecule has 0 amide bonds. The zero-order valence-electron chi connectivity index (χ0n) is 14.6. The molecular weight excluding hydrogens is 412 g/mol. The van der Waals surface area contributed by atoms with Crippen LogP contribution in [-0.4, -0.2) is 38.4 Å². The molecule has 0 atom stereocenters. The largest absolute Gasteiger partial charge is 0.497 e. The number of anilines is 1. The summed E-state index contributed by atoms with van der Waals surface area (Å²) in [7, 11) is 1.69. The normalized spacial score (nSPS) is 14.0. The zero-order chi connectivity index (χ0) is 17.1. The second-order valence-electron chi connectivity index (χ2n) is 5.87. The van der Waals surface area contributed by atoms with E-state index >= 15 is 0 Å². The maximum atomic E-state index is 5.47. The van der Waals surface area contributed by atoms with Crippen LogP contribution in [0.15, 0.2) is 54.6 Å². The van der Waals surface area contributed by atoms with E-state index < -0.39 is 0 Å². The first-order valence-corrected chi connectivity index (χ1v) is 9.20. The van der Waals surface area contributed by atoms with Crippen molar-refractivity contribution in [2.45, 2.75) is 0 Å². The summed E-state index contributed by atoms with van der Waals surface area (Å²) >= 11 is 1.75. The van der Waals surface area contributed by atoms with Crippen LogP contribution in [0.2, 0.25) is 0 Å². The summed E-state index contributed by atoms with van der Waals surface area (Å²) in [5, 5.41) is 1.06. The lowest BCUT2D eigenvalue weighted by Crippen LogP contribution is -2.36. The van der Waals surface area contributed by atoms with Gasteiger partial charge in [-0.2, -0.15) is 0 Å². The van der Waals surface area contributed by atoms with E-state index in [0.29, 0.717) is 0 Å². The molecule has 1 fully saturated rings. The van der Waals surface area contributed by atoms with Gasteiger partial charge in [-0.25, -0.2) is 4.98 Å². The molecule has 2 aromatic carbocycles. The molecule has 0 aliphatic carbocycles. The Morgan fingerprint density at radius 1 is 0.962 bits per heavy atom. The molecule has 1 aromatic heterocycles. The molecule has 4 nitrogen and oxygen atoms in total. The summed E-state index contributed by atoms with van der Waals surface area (Å²) in [5.74, 6) is 0.864. The van der Waals surface area contributed by atoms with Crippen molar-refractivity contribution in [1.82, 2.24) is 4.98 Å². The van der Waals surface area contributed by atoms with E-state index in [-0.39, 0.29) is 17.0 Å². The summed E-state index contributed by atoms with van der Waals surface area (Å²) in [6.45, 7) is 3.31. The Kier molecular flexibility index (Phi) is 6.29. The molecule has 26 heavy (non-hydrogen) atoms. The Morgan fingerprint density at radius 2 is 1.65 bits per heavy atom. The second-order valence-corrected chi connectivity index (χ2v) is 6.85. The maximum Gasteiger partial charge on any atom is 0.186 e. The molecule has 0 radical (unpaired) electrons. The fourth-order valence-corrected chi connectivity index (χ4v) is 4.07. The first-order chi connectivity index (χ1) is 12.3. The molecule has 4 rings (SSSR count). The van der Waals surface area contributed by atoms with Crippen LogP contribution in [0.25, 0.3) is 21.7 Å². The lowest BCUT2D eigenvalue weighted by molar-refractivity contribution is 0.122. The van der Waals surface area contributed by atoms with Gasteiger partial charge in [0.05, 0.1) is 30.9 Å². The number of morpholine rings is 1. The predicted octanol–water partition coefficient (Wildman–Crippen LogP) is 4.90. The molecule has 136 valence electrons. The Bertz CT molecular complexity index is 831. The fourth-order valence-electron chi connectivity index (χ4n) is 2.93. The van der Waals surface area contributed by atoms with Crippen LogP contribution in [-0.2, 0) is 4.74 Å². The average Bonchev–Trinajstić information content (AvgIpc) is 3.15.